The van der Waals surface area contributed by atoms with Crippen molar-refractivity contribution < 1.29 is 18.0 Å². The Hall–Kier alpha value is -2.91. The fourth-order valence-electron chi connectivity index (χ4n) is 2.45. The molecule has 146 valence electrons. The van der Waals surface area contributed by atoms with Gasteiger partial charge in [0.1, 0.15) is 4.21 Å². The maximum absolute atomic E-state index is 12.7. The summed E-state index contributed by atoms with van der Waals surface area (Å²) in [7, 11) is -3.84. The predicted octanol–water partition coefficient (Wildman–Crippen LogP) is 3.12. The van der Waals surface area contributed by atoms with E-state index >= 15 is 0 Å². The fraction of sp³-hybridized carbons (Fsp3) is 0.158. The summed E-state index contributed by atoms with van der Waals surface area (Å²) in [6, 6.07) is 13.6. The summed E-state index contributed by atoms with van der Waals surface area (Å²) in [6.07, 6.45) is 0. The second-order valence-electron chi connectivity index (χ2n) is 6.38. The van der Waals surface area contributed by atoms with E-state index in [0.29, 0.717) is 0 Å². The molecule has 2 aromatic carbocycles. The van der Waals surface area contributed by atoms with Crippen LogP contribution in [0.3, 0.4) is 0 Å². The standard InChI is InChI=1S/C19H19N3O4S2/c1-12(2)18(23)20-21-19(24)15-10-13-6-3-4-7-14(13)11-16(15)22-28(25,26)17-8-5-9-27-17/h3-12,22H,1-2H3,(H,20,23)(H,21,24). The molecule has 0 aliphatic rings. The van der Waals surface area contributed by atoms with E-state index in [1.807, 2.05) is 24.3 Å². The minimum Gasteiger partial charge on any atom is -0.278 e. The number of thiophene rings is 1. The summed E-state index contributed by atoms with van der Waals surface area (Å²) < 4.78 is 27.9. The summed E-state index contributed by atoms with van der Waals surface area (Å²) in [5, 5.41) is 3.19. The van der Waals surface area contributed by atoms with Crippen LogP contribution in [0, 0.1) is 5.92 Å². The van der Waals surface area contributed by atoms with Crippen molar-refractivity contribution in [3.8, 4) is 0 Å². The highest BCUT2D eigenvalue weighted by Gasteiger charge is 2.21. The van der Waals surface area contributed by atoms with Crippen LogP contribution in [-0.2, 0) is 14.8 Å². The number of fused-ring (bicyclic) bond motifs is 1. The number of hydrogen-bond donors (Lipinski definition) is 3. The smallest absolute Gasteiger partial charge is 0.271 e. The van der Waals surface area contributed by atoms with Crippen LogP contribution in [-0.4, -0.2) is 20.2 Å². The number of amides is 2. The number of nitrogens with one attached hydrogen (secondary N) is 3. The Morgan fingerprint density at radius 2 is 1.64 bits per heavy atom. The fourth-order valence-corrected chi connectivity index (χ4v) is 4.52. The second-order valence-corrected chi connectivity index (χ2v) is 9.24. The van der Waals surface area contributed by atoms with Crippen molar-refractivity contribution in [3.05, 3.63) is 59.5 Å². The molecule has 3 aromatic rings. The Labute approximate surface area is 166 Å². The van der Waals surface area contributed by atoms with Gasteiger partial charge in [-0.1, -0.05) is 44.2 Å². The van der Waals surface area contributed by atoms with Gasteiger partial charge in [-0.15, -0.1) is 11.3 Å². The first-order chi connectivity index (χ1) is 13.3. The van der Waals surface area contributed by atoms with Crippen molar-refractivity contribution >= 4 is 49.6 Å². The summed E-state index contributed by atoms with van der Waals surface area (Å²) >= 11 is 1.08. The Balaban J connectivity index is 1.99. The Morgan fingerprint density at radius 1 is 0.964 bits per heavy atom. The molecule has 0 aliphatic carbocycles. The van der Waals surface area contributed by atoms with E-state index in [4.69, 9.17) is 0 Å². The van der Waals surface area contributed by atoms with Gasteiger partial charge in [-0.25, -0.2) is 8.42 Å². The third-order valence-corrected chi connectivity index (χ3v) is 6.72. The molecule has 2 amide bonds. The second kappa shape index (κ2) is 7.99. The van der Waals surface area contributed by atoms with Gasteiger partial charge in [0.15, 0.2) is 0 Å². The van der Waals surface area contributed by atoms with Gasteiger partial charge in [0.05, 0.1) is 11.3 Å². The molecule has 0 unspecified atom stereocenters. The number of anilines is 1. The number of benzene rings is 2. The zero-order valence-electron chi connectivity index (χ0n) is 15.2. The first-order valence-electron chi connectivity index (χ1n) is 8.47. The van der Waals surface area contributed by atoms with Crippen molar-refractivity contribution in [2.24, 2.45) is 5.92 Å². The van der Waals surface area contributed by atoms with Crippen LogP contribution < -0.4 is 15.6 Å². The monoisotopic (exact) mass is 417 g/mol. The molecule has 0 fully saturated rings. The third-order valence-electron chi connectivity index (χ3n) is 3.96. The Morgan fingerprint density at radius 3 is 2.25 bits per heavy atom. The van der Waals surface area contributed by atoms with Gasteiger partial charge in [0, 0.05) is 5.92 Å². The van der Waals surface area contributed by atoms with Crippen LogP contribution in [0.1, 0.15) is 24.2 Å². The molecule has 9 heteroatoms. The van der Waals surface area contributed by atoms with Gasteiger partial charge in [-0.05, 0) is 34.4 Å². The summed E-state index contributed by atoms with van der Waals surface area (Å²) in [4.78, 5) is 24.4. The molecule has 0 saturated heterocycles. The quantitative estimate of drug-likeness (QED) is 0.555. The zero-order valence-corrected chi connectivity index (χ0v) is 16.9. The molecule has 1 heterocycles. The third kappa shape index (κ3) is 4.32. The average Bonchev–Trinajstić information content (AvgIpc) is 3.20. The molecule has 1 aromatic heterocycles. The topological polar surface area (TPSA) is 104 Å². The summed E-state index contributed by atoms with van der Waals surface area (Å²) in [5.74, 6) is -1.29. The molecule has 0 bridgehead atoms. The van der Waals surface area contributed by atoms with Crippen LogP contribution in [0.5, 0.6) is 0 Å². The molecule has 28 heavy (non-hydrogen) atoms. The van der Waals surface area contributed by atoms with Crippen LogP contribution in [0.4, 0.5) is 5.69 Å². The van der Waals surface area contributed by atoms with Crippen molar-refractivity contribution in [2.45, 2.75) is 18.1 Å². The van der Waals surface area contributed by atoms with E-state index in [1.54, 1.807) is 37.4 Å². The minimum absolute atomic E-state index is 0.0999. The average molecular weight is 418 g/mol. The minimum atomic E-state index is -3.84. The van der Waals surface area contributed by atoms with E-state index in [-0.39, 0.29) is 27.3 Å². The number of rotatable bonds is 5. The van der Waals surface area contributed by atoms with Crippen LogP contribution in [0.2, 0.25) is 0 Å². The molecular weight excluding hydrogens is 398 g/mol. The van der Waals surface area contributed by atoms with E-state index in [9.17, 15) is 18.0 Å². The Kier molecular flexibility index (Phi) is 5.66. The van der Waals surface area contributed by atoms with Crippen molar-refractivity contribution in [3.63, 3.8) is 0 Å². The van der Waals surface area contributed by atoms with E-state index < -0.39 is 15.9 Å². The van der Waals surface area contributed by atoms with Gasteiger partial charge < -0.3 is 0 Å². The van der Waals surface area contributed by atoms with Gasteiger partial charge in [0.2, 0.25) is 5.91 Å². The Bertz CT molecular complexity index is 1120. The first kappa shape index (κ1) is 19.8. The lowest BCUT2D eigenvalue weighted by Crippen LogP contribution is -2.43. The lowest BCUT2D eigenvalue weighted by atomic mass is 10.0. The van der Waals surface area contributed by atoms with Crippen LogP contribution in [0.15, 0.2) is 58.1 Å². The highest BCUT2D eigenvalue weighted by atomic mass is 32.2. The molecular formula is C19H19N3O4S2. The molecule has 3 N–H and O–H groups in total. The molecule has 0 spiro atoms. The predicted molar refractivity (Wildman–Crippen MR) is 110 cm³/mol. The number of hydrogen-bond acceptors (Lipinski definition) is 5. The van der Waals surface area contributed by atoms with Crippen molar-refractivity contribution in [2.75, 3.05) is 4.72 Å². The maximum Gasteiger partial charge on any atom is 0.271 e. The molecule has 0 saturated carbocycles. The van der Waals surface area contributed by atoms with Gasteiger partial charge in [0.25, 0.3) is 15.9 Å². The highest BCUT2D eigenvalue weighted by molar-refractivity contribution is 7.94. The number of hydrazine groups is 1. The zero-order chi connectivity index (χ0) is 20.3. The summed E-state index contributed by atoms with van der Waals surface area (Å²) in [5.41, 5.74) is 4.90. The van der Waals surface area contributed by atoms with Gasteiger partial charge in [-0.3, -0.25) is 25.2 Å². The normalized spacial score (nSPS) is 11.4. The van der Waals surface area contributed by atoms with Crippen molar-refractivity contribution in [1.29, 1.82) is 0 Å². The molecule has 0 aliphatic heterocycles. The molecule has 3 rings (SSSR count). The molecule has 7 nitrogen and oxygen atoms in total. The summed E-state index contributed by atoms with van der Waals surface area (Å²) in [6.45, 7) is 3.39. The van der Waals surface area contributed by atoms with E-state index in [2.05, 4.69) is 15.6 Å². The number of carbonyl (C=O) groups is 2. The van der Waals surface area contributed by atoms with Gasteiger partial charge >= 0.3 is 0 Å². The SMILES string of the molecule is CC(C)C(=O)NNC(=O)c1cc2ccccc2cc1NS(=O)(=O)c1cccs1. The van der Waals surface area contributed by atoms with Crippen LogP contribution >= 0.6 is 11.3 Å². The van der Waals surface area contributed by atoms with Gasteiger partial charge in [-0.2, -0.15) is 0 Å². The lowest BCUT2D eigenvalue weighted by molar-refractivity contribution is -0.124. The maximum atomic E-state index is 12.7. The molecule has 0 atom stereocenters. The largest absolute Gasteiger partial charge is 0.278 e. The van der Waals surface area contributed by atoms with E-state index in [0.717, 1.165) is 22.1 Å². The lowest BCUT2D eigenvalue weighted by Gasteiger charge is -2.15. The van der Waals surface area contributed by atoms with E-state index in [1.165, 1.54) is 6.07 Å². The van der Waals surface area contributed by atoms with Crippen LogP contribution in [0.25, 0.3) is 10.8 Å². The first-order valence-corrected chi connectivity index (χ1v) is 10.8. The van der Waals surface area contributed by atoms with Crippen molar-refractivity contribution in [1.82, 2.24) is 10.9 Å². The number of carbonyl (C=O) groups excluding carboxylic acids is 2. The highest BCUT2D eigenvalue weighted by Crippen LogP contribution is 2.27. The number of sulfonamides is 1. The molecule has 0 radical (unpaired) electrons.